The van der Waals surface area contributed by atoms with Gasteiger partial charge in [0.25, 0.3) is 0 Å². The summed E-state index contributed by atoms with van der Waals surface area (Å²) >= 11 is 6.11. The van der Waals surface area contributed by atoms with E-state index in [1.807, 2.05) is 27.8 Å². The third-order valence-corrected chi connectivity index (χ3v) is 4.02. The average molecular weight is 296 g/mol. The topological polar surface area (TPSA) is 64.7 Å². The highest BCUT2D eigenvalue weighted by molar-refractivity contribution is 6.31. The van der Waals surface area contributed by atoms with Crippen molar-refractivity contribution < 1.29 is 4.79 Å². The number of hydrogen-bond donors (Lipinski definition) is 1. The van der Waals surface area contributed by atoms with Gasteiger partial charge in [-0.15, -0.1) is 0 Å². The molecule has 1 N–H and O–H groups in total. The molecular weight excluding hydrogens is 278 g/mol. The van der Waals surface area contributed by atoms with E-state index in [1.54, 1.807) is 22.5 Å². The zero-order chi connectivity index (χ0) is 15.0. The second-order valence-electron chi connectivity index (χ2n) is 4.86. The van der Waals surface area contributed by atoms with Gasteiger partial charge in [0.1, 0.15) is 6.04 Å². The van der Waals surface area contributed by atoms with Crippen molar-refractivity contribution in [2.45, 2.75) is 33.7 Å². The zero-order valence-corrected chi connectivity index (χ0v) is 13.0. The van der Waals surface area contributed by atoms with Crippen molar-refractivity contribution in [2.24, 2.45) is 7.05 Å². The van der Waals surface area contributed by atoms with E-state index in [4.69, 9.17) is 11.6 Å². The maximum atomic E-state index is 12.3. The fourth-order valence-corrected chi connectivity index (χ4v) is 2.11. The van der Waals surface area contributed by atoms with Crippen LogP contribution in [0.1, 0.15) is 30.0 Å². The van der Waals surface area contributed by atoms with Crippen LogP contribution in [0.25, 0.3) is 0 Å². The van der Waals surface area contributed by atoms with E-state index < -0.39 is 6.04 Å². The Balaban J connectivity index is 2.21. The van der Waals surface area contributed by atoms with Crippen molar-refractivity contribution in [2.75, 3.05) is 5.32 Å². The first-order valence-corrected chi connectivity index (χ1v) is 6.71. The van der Waals surface area contributed by atoms with Gasteiger partial charge in [0, 0.05) is 7.05 Å². The lowest BCUT2D eigenvalue weighted by atomic mass is 10.3. The molecule has 0 spiro atoms. The third-order valence-electron chi connectivity index (χ3n) is 3.48. The van der Waals surface area contributed by atoms with E-state index in [0.717, 1.165) is 17.1 Å². The average Bonchev–Trinajstić information content (AvgIpc) is 2.86. The first-order chi connectivity index (χ1) is 9.32. The molecule has 2 aromatic heterocycles. The number of nitrogens with one attached hydrogen (secondary N) is 1. The van der Waals surface area contributed by atoms with E-state index >= 15 is 0 Å². The van der Waals surface area contributed by atoms with E-state index in [1.165, 1.54) is 0 Å². The number of carbonyl (C=O) groups excluding carboxylic acids is 1. The second-order valence-corrected chi connectivity index (χ2v) is 5.24. The standard InChI is InChI=1S/C13H18ClN5O/c1-7-12(14)9(3)19(17-7)10(4)13(20)16-11-6-15-18(5)8(11)2/h6,10H,1-5H3,(H,16,20). The minimum Gasteiger partial charge on any atom is -0.321 e. The fourth-order valence-electron chi connectivity index (χ4n) is 1.99. The second kappa shape index (κ2) is 5.28. The van der Waals surface area contributed by atoms with Crippen LogP contribution >= 0.6 is 11.6 Å². The normalized spacial score (nSPS) is 12.5. The molecule has 1 amide bonds. The van der Waals surface area contributed by atoms with Crippen molar-refractivity contribution >= 4 is 23.2 Å². The molecule has 0 bridgehead atoms. The van der Waals surface area contributed by atoms with Crippen LogP contribution in [0.4, 0.5) is 5.69 Å². The van der Waals surface area contributed by atoms with Gasteiger partial charge in [-0.2, -0.15) is 10.2 Å². The highest BCUT2D eigenvalue weighted by Gasteiger charge is 2.21. The molecule has 108 valence electrons. The van der Waals surface area contributed by atoms with E-state index in [-0.39, 0.29) is 5.91 Å². The van der Waals surface area contributed by atoms with Crippen molar-refractivity contribution in [1.82, 2.24) is 19.6 Å². The number of carbonyl (C=O) groups is 1. The lowest BCUT2D eigenvalue weighted by Crippen LogP contribution is -2.25. The molecule has 0 fully saturated rings. The van der Waals surface area contributed by atoms with Crippen LogP contribution in [-0.2, 0) is 11.8 Å². The maximum absolute atomic E-state index is 12.3. The Morgan fingerprint density at radius 1 is 1.35 bits per heavy atom. The molecule has 0 aromatic carbocycles. The minimum atomic E-state index is -0.444. The number of anilines is 1. The highest BCUT2D eigenvalue weighted by atomic mass is 35.5. The first-order valence-electron chi connectivity index (χ1n) is 6.33. The fraction of sp³-hybridized carbons (Fsp3) is 0.462. The molecule has 1 atom stereocenters. The number of aryl methyl sites for hydroxylation is 2. The van der Waals surface area contributed by atoms with Gasteiger partial charge < -0.3 is 5.32 Å². The molecule has 0 radical (unpaired) electrons. The molecule has 7 heteroatoms. The van der Waals surface area contributed by atoms with Crippen LogP contribution in [0.5, 0.6) is 0 Å². The van der Waals surface area contributed by atoms with Gasteiger partial charge >= 0.3 is 0 Å². The SMILES string of the molecule is Cc1nn(C(C)C(=O)Nc2cnn(C)c2C)c(C)c1Cl. The van der Waals surface area contributed by atoms with Gasteiger partial charge in [0.2, 0.25) is 5.91 Å². The molecule has 2 heterocycles. The van der Waals surface area contributed by atoms with Gasteiger partial charge in [-0.25, -0.2) is 0 Å². The van der Waals surface area contributed by atoms with Gasteiger partial charge in [-0.05, 0) is 27.7 Å². The largest absolute Gasteiger partial charge is 0.321 e. The van der Waals surface area contributed by atoms with Gasteiger partial charge in [-0.1, -0.05) is 11.6 Å². The minimum absolute atomic E-state index is 0.150. The molecule has 6 nitrogen and oxygen atoms in total. The summed E-state index contributed by atoms with van der Waals surface area (Å²) in [4.78, 5) is 12.3. The van der Waals surface area contributed by atoms with Crippen LogP contribution < -0.4 is 5.32 Å². The molecule has 2 aromatic rings. The molecule has 20 heavy (non-hydrogen) atoms. The smallest absolute Gasteiger partial charge is 0.249 e. The Hall–Kier alpha value is -1.82. The Labute approximate surface area is 122 Å². The Bertz CT molecular complexity index is 658. The summed E-state index contributed by atoms with van der Waals surface area (Å²) < 4.78 is 3.35. The summed E-state index contributed by atoms with van der Waals surface area (Å²) in [5.41, 5.74) is 3.12. The number of hydrogen-bond acceptors (Lipinski definition) is 3. The Morgan fingerprint density at radius 2 is 2.00 bits per heavy atom. The lowest BCUT2D eigenvalue weighted by Gasteiger charge is -2.14. The highest BCUT2D eigenvalue weighted by Crippen LogP contribution is 2.23. The van der Waals surface area contributed by atoms with Gasteiger partial charge in [0.15, 0.2) is 0 Å². The van der Waals surface area contributed by atoms with Crippen LogP contribution in [0.15, 0.2) is 6.20 Å². The van der Waals surface area contributed by atoms with Gasteiger partial charge in [0.05, 0.1) is 34.0 Å². The van der Waals surface area contributed by atoms with Crippen LogP contribution in [0.2, 0.25) is 5.02 Å². The summed E-state index contributed by atoms with van der Waals surface area (Å²) in [5.74, 6) is -0.150. The predicted molar refractivity (Wildman–Crippen MR) is 78.0 cm³/mol. The van der Waals surface area contributed by atoms with Crippen LogP contribution in [0, 0.1) is 20.8 Å². The number of rotatable bonds is 3. The summed E-state index contributed by atoms with van der Waals surface area (Å²) in [7, 11) is 1.83. The number of halogens is 1. The summed E-state index contributed by atoms with van der Waals surface area (Å²) in [6.07, 6.45) is 1.63. The molecule has 0 aliphatic carbocycles. The monoisotopic (exact) mass is 295 g/mol. The zero-order valence-electron chi connectivity index (χ0n) is 12.2. The summed E-state index contributed by atoms with van der Waals surface area (Å²) in [6, 6.07) is -0.444. The van der Waals surface area contributed by atoms with E-state index in [2.05, 4.69) is 15.5 Å². The van der Waals surface area contributed by atoms with E-state index in [9.17, 15) is 4.79 Å². The molecule has 2 rings (SSSR count). The Kier molecular flexibility index (Phi) is 3.85. The predicted octanol–water partition coefficient (Wildman–Crippen LogP) is 2.39. The van der Waals surface area contributed by atoms with Crippen molar-refractivity contribution in [3.8, 4) is 0 Å². The molecule has 1 unspecified atom stereocenters. The molecule has 0 saturated carbocycles. The molecular formula is C13H18ClN5O. The number of amides is 1. The number of aromatic nitrogens is 4. The van der Waals surface area contributed by atoms with Crippen LogP contribution in [-0.4, -0.2) is 25.5 Å². The molecule has 0 aliphatic rings. The lowest BCUT2D eigenvalue weighted by molar-refractivity contribution is -0.119. The quantitative estimate of drug-likeness (QED) is 0.945. The van der Waals surface area contributed by atoms with E-state index in [0.29, 0.717) is 10.7 Å². The van der Waals surface area contributed by atoms with Gasteiger partial charge in [-0.3, -0.25) is 14.2 Å². The van der Waals surface area contributed by atoms with Crippen molar-refractivity contribution in [3.05, 3.63) is 28.3 Å². The number of nitrogens with zero attached hydrogens (tertiary/aromatic N) is 4. The first kappa shape index (κ1) is 14.6. The van der Waals surface area contributed by atoms with Crippen LogP contribution in [0.3, 0.4) is 0 Å². The third kappa shape index (κ3) is 2.43. The van der Waals surface area contributed by atoms with Crippen molar-refractivity contribution in [1.29, 1.82) is 0 Å². The Morgan fingerprint density at radius 3 is 2.45 bits per heavy atom. The maximum Gasteiger partial charge on any atom is 0.249 e. The summed E-state index contributed by atoms with van der Waals surface area (Å²) in [6.45, 7) is 7.35. The molecule has 0 aliphatic heterocycles. The summed E-state index contributed by atoms with van der Waals surface area (Å²) in [5, 5.41) is 11.9. The molecule has 0 saturated heterocycles. The van der Waals surface area contributed by atoms with Crippen molar-refractivity contribution in [3.63, 3.8) is 0 Å².